The largest absolute Gasteiger partial charge is 0.493 e. The summed E-state index contributed by atoms with van der Waals surface area (Å²) in [5.74, 6) is 1.64. The monoisotopic (exact) mass is 422 g/mol. The van der Waals surface area contributed by atoms with Crippen molar-refractivity contribution >= 4 is 21.9 Å². The highest BCUT2D eigenvalue weighted by atomic mass is 16.5. The van der Waals surface area contributed by atoms with Gasteiger partial charge in [-0.15, -0.1) is 5.10 Å². The van der Waals surface area contributed by atoms with Gasteiger partial charge in [0.05, 0.1) is 37.2 Å². The molecule has 0 aliphatic rings. The van der Waals surface area contributed by atoms with E-state index in [0.29, 0.717) is 41.3 Å². The number of benzene rings is 2. The van der Waals surface area contributed by atoms with Crippen molar-refractivity contribution in [1.29, 1.82) is 0 Å². The van der Waals surface area contributed by atoms with Gasteiger partial charge in [0.1, 0.15) is 11.3 Å². The maximum absolute atomic E-state index is 12.6. The molecular formula is C22H26N6O3. The molecule has 162 valence electrons. The summed E-state index contributed by atoms with van der Waals surface area (Å²) in [7, 11) is 3.10. The van der Waals surface area contributed by atoms with Crippen molar-refractivity contribution in [1.82, 2.24) is 29.9 Å². The van der Waals surface area contributed by atoms with E-state index in [2.05, 4.69) is 50.3 Å². The van der Waals surface area contributed by atoms with Gasteiger partial charge in [-0.1, -0.05) is 18.2 Å². The minimum Gasteiger partial charge on any atom is -0.493 e. The van der Waals surface area contributed by atoms with Crippen molar-refractivity contribution in [3.8, 4) is 11.5 Å². The van der Waals surface area contributed by atoms with Gasteiger partial charge in [-0.3, -0.25) is 9.69 Å². The van der Waals surface area contributed by atoms with Gasteiger partial charge in [0.25, 0.3) is 5.56 Å². The maximum Gasteiger partial charge on any atom is 0.258 e. The zero-order valence-corrected chi connectivity index (χ0v) is 18.2. The van der Waals surface area contributed by atoms with Crippen LogP contribution in [0.15, 0.2) is 35.1 Å². The maximum atomic E-state index is 12.6. The summed E-state index contributed by atoms with van der Waals surface area (Å²) in [4.78, 5) is 22.4. The van der Waals surface area contributed by atoms with Gasteiger partial charge in [-0.2, -0.15) is 0 Å². The van der Waals surface area contributed by atoms with E-state index >= 15 is 0 Å². The highest BCUT2D eigenvalue weighted by molar-refractivity contribution is 5.81. The lowest BCUT2D eigenvalue weighted by Gasteiger charge is -2.20. The normalized spacial score (nSPS) is 11.5. The first-order valence-electron chi connectivity index (χ1n) is 10.3. The third-order valence-corrected chi connectivity index (χ3v) is 5.36. The lowest BCUT2D eigenvalue weighted by atomic mass is 10.2. The van der Waals surface area contributed by atoms with Gasteiger partial charge < -0.3 is 14.5 Å². The first kappa shape index (κ1) is 20.8. The Morgan fingerprint density at radius 1 is 1.03 bits per heavy atom. The Balaban J connectivity index is 1.59. The molecule has 0 bridgehead atoms. The summed E-state index contributed by atoms with van der Waals surface area (Å²) >= 11 is 0. The quantitative estimate of drug-likeness (QED) is 0.466. The van der Waals surface area contributed by atoms with Crippen molar-refractivity contribution in [3.05, 3.63) is 52.1 Å². The number of rotatable bonds is 8. The lowest BCUT2D eigenvalue weighted by Crippen LogP contribution is -2.25. The van der Waals surface area contributed by atoms with E-state index in [-0.39, 0.29) is 5.56 Å². The van der Waals surface area contributed by atoms with Gasteiger partial charge >= 0.3 is 0 Å². The second-order valence-electron chi connectivity index (χ2n) is 7.27. The Morgan fingerprint density at radius 3 is 2.52 bits per heavy atom. The fourth-order valence-corrected chi connectivity index (χ4v) is 3.69. The minimum atomic E-state index is -0.199. The molecule has 0 saturated carbocycles. The molecule has 2 aromatic carbocycles. The van der Waals surface area contributed by atoms with Crippen molar-refractivity contribution in [2.45, 2.75) is 33.5 Å². The lowest BCUT2D eigenvalue weighted by molar-refractivity contribution is 0.264. The number of methoxy groups -OCH3 is 2. The van der Waals surface area contributed by atoms with Crippen molar-refractivity contribution < 1.29 is 9.47 Å². The number of aromatic amines is 1. The standard InChI is InChI=1S/C22H26N6O3/c1-5-27(12-14-7-8-18-17(9-14)25-26-28(18)6-2)13-21-23-16-11-20(31-4)19(30-3)10-15(16)22(29)24-21/h7-11H,5-6,12-13H2,1-4H3,(H,23,24,29). The van der Waals surface area contributed by atoms with Gasteiger partial charge in [-0.25, -0.2) is 9.67 Å². The van der Waals surface area contributed by atoms with Crippen LogP contribution in [0.5, 0.6) is 11.5 Å². The van der Waals surface area contributed by atoms with E-state index in [1.807, 2.05) is 11.6 Å². The third kappa shape index (κ3) is 4.09. The molecule has 1 N–H and O–H groups in total. The Labute approximate surface area is 179 Å². The van der Waals surface area contributed by atoms with E-state index < -0.39 is 0 Å². The first-order chi connectivity index (χ1) is 15.1. The Bertz CT molecular complexity index is 1280. The molecule has 0 atom stereocenters. The molecule has 0 amide bonds. The molecule has 9 nitrogen and oxygen atoms in total. The Hall–Kier alpha value is -3.46. The summed E-state index contributed by atoms with van der Waals surface area (Å²) in [5, 5.41) is 8.89. The highest BCUT2D eigenvalue weighted by Crippen LogP contribution is 2.30. The summed E-state index contributed by atoms with van der Waals surface area (Å²) in [6.07, 6.45) is 0. The van der Waals surface area contributed by atoms with Crippen LogP contribution in [-0.4, -0.2) is 50.6 Å². The average molecular weight is 422 g/mol. The molecule has 2 heterocycles. The van der Waals surface area contributed by atoms with Crippen molar-refractivity contribution in [2.75, 3.05) is 20.8 Å². The van der Waals surface area contributed by atoms with Crippen LogP contribution in [-0.2, 0) is 19.6 Å². The second kappa shape index (κ2) is 8.73. The summed E-state index contributed by atoms with van der Waals surface area (Å²) in [5.41, 5.74) is 3.42. The predicted molar refractivity (Wildman–Crippen MR) is 118 cm³/mol. The van der Waals surface area contributed by atoms with Gasteiger partial charge in [0.15, 0.2) is 11.5 Å². The topological polar surface area (TPSA) is 98.2 Å². The fourth-order valence-electron chi connectivity index (χ4n) is 3.69. The minimum absolute atomic E-state index is 0.199. The van der Waals surface area contributed by atoms with Gasteiger partial charge in [0, 0.05) is 19.2 Å². The van der Waals surface area contributed by atoms with Crippen LogP contribution in [0, 0.1) is 0 Å². The molecule has 0 saturated heterocycles. The molecule has 9 heteroatoms. The van der Waals surface area contributed by atoms with Crippen LogP contribution < -0.4 is 15.0 Å². The van der Waals surface area contributed by atoms with Gasteiger partial charge in [0.2, 0.25) is 0 Å². The molecule has 0 spiro atoms. The molecular weight excluding hydrogens is 396 g/mol. The number of fused-ring (bicyclic) bond motifs is 2. The molecule has 0 aliphatic heterocycles. The van der Waals surface area contributed by atoms with Crippen LogP contribution in [0.1, 0.15) is 25.2 Å². The van der Waals surface area contributed by atoms with Crippen LogP contribution in [0.2, 0.25) is 0 Å². The van der Waals surface area contributed by atoms with E-state index in [4.69, 9.17) is 9.47 Å². The zero-order chi connectivity index (χ0) is 22.0. The number of hydrogen-bond donors (Lipinski definition) is 1. The fraction of sp³-hybridized carbons (Fsp3) is 0.364. The highest BCUT2D eigenvalue weighted by Gasteiger charge is 2.13. The van der Waals surface area contributed by atoms with Crippen LogP contribution in [0.25, 0.3) is 21.9 Å². The number of H-pyrrole nitrogens is 1. The molecule has 31 heavy (non-hydrogen) atoms. The second-order valence-corrected chi connectivity index (χ2v) is 7.27. The SMILES string of the molecule is CCN(Cc1ccc2c(c1)nnn2CC)Cc1nc2cc(OC)c(OC)cc2c(=O)[nH]1. The number of ether oxygens (including phenoxy) is 2. The molecule has 4 rings (SSSR count). The molecule has 0 radical (unpaired) electrons. The van der Waals surface area contributed by atoms with Crippen molar-refractivity contribution in [3.63, 3.8) is 0 Å². The van der Waals surface area contributed by atoms with E-state index in [9.17, 15) is 4.79 Å². The summed E-state index contributed by atoms with van der Waals surface area (Å²) < 4.78 is 12.5. The zero-order valence-electron chi connectivity index (χ0n) is 18.2. The summed E-state index contributed by atoms with van der Waals surface area (Å²) in [6, 6.07) is 9.59. The first-order valence-corrected chi connectivity index (χ1v) is 10.3. The predicted octanol–water partition coefficient (Wildman–Crippen LogP) is 2.73. The number of nitrogens with zero attached hydrogens (tertiary/aromatic N) is 5. The number of hydrogen-bond acceptors (Lipinski definition) is 7. The van der Waals surface area contributed by atoms with Gasteiger partial charge in [-0.05, 0) is 37.2 Å². The molecule has 2 aromatic heterocycles. The number of aromatic nitrogens is 5. The number of nitrogens with one attached hydrogen (secondary N) is 1. The molecule has 0 fully saturated rings. The van der Waals surface area contributed by atoms with E-state index in [1.54, 1.807) is 26.4 Å². The van der Waals surface area contributed by atoms with Crippen molar-refractivity contribution in [2.24, 2.45) is 0 Å². The third-order valence-electron chi connectivity index (χ3n) is 5.36. The van der Waals surface area contributed by atoms with Crippen LogP contribution in [0.3, 0.4) is 0 Å². The Kier molecular flexibility index (Phi) is 5.85. The molecule has 0 aliphatic carbocycles. The average Bonchev–Trinajstić information content (AvgIpc) is 3.20. The van der Waals surface area contributed by atoms with E-state index in [0.717, 1.165) is 29.7 Å². The summed E-state index contributed by atoms with van der Waals surface area (Å²) in [6.45, 7) is 6.93. The molecule has 4 aromatic rings. The van der Waals surface area contributed by atoms with E-state index in [1.165, 1.54) is 0 Å². The molecule has 0 unspecified atom stereocenters. The number of aryl methyl sites for hydroxylation is 1. The van der Waals surface area contributed by atoms with Crippen LogP contribution >= 0.6 is 0 Å². The Morgan fingerprint density at radius 2 is 1.81 bits per heavy atom. The van der Waals surface area contributed by atoms with Crippen LogP contribution in [0.4, 0.5) is 0 Å². The smallest absolute Gasteiger partial charge is 0.258 e.